The molecule has 0 unspecified atom stereocenters. The lowest BCUT2D eigenvalue weighted by Gasteiger charge is -2.05. The van der Waals surface area contributed by atoms with Crippen LogP contribution in [0.15, 0.2) is 42.5 Å². The molecule has 0 aromatic heterocycles. The van der Waals surface area contributed by atoms with Crippen molar-refractivity contribution in [3.63, 3.8) is 0 Å². The third kappa shape index (κ3) is 4.17. The minimum Gasteiger partial charge on any atom is -0.299 e. The number of Topliss-reactive ketones (excluding diaryl/α,β-unsaturated/α-hetero) is 1. The lowest BCUT2D eigenvalue weighted by Crippen LogP contribution is -2.05. The van der Waals surface area contributed by atoms with Crippen LogP contribution >= 0.6 is 11.6 Å². The molecule has 0 heterocycles. The lowest BCUT2D eigenvalue weighted by atomic mass is 10.0. The van der Waals surface area contributed by atoms with E-state index in [-0.39, 0.29) is 18.0 Å². The highest BCUT2D eigenvalue weighted by Gasteiger charge is 2.08. The van der Waals surface area contributed by atoms with Gasteiger partial charge in [-0.1, -0.05) is 47.5 Å². The molecule has 0 N–H and O–H groups in total. The Morgan fingerprint density at radius 3 is 2.50 bits per heavy atom. The predicted octanol–water partition coefficient (Wildman–Crippen LogP) is 4.53. The van der Waals surface area contributed by atoms with Crippen molar-refractivity contribution in [2.24, 2.45) is 0 Å². The van der Waals surface area contributed by atoms with E-state index in [1.54, 1.807) is 6.07 Å². The number of carbonyl (C=O) groups excluding carboxylic acids is 1. The van der Waals surface area contributed by atoms with Gasteiger partial charge in [-0.3, -0.25) is 4.79 Å². The Hall–Kier alpha value is -1.67. The van der Waals surface area contributed by atoms with Gasteiger partial charge in [0, 0.05) is 17.9 Å². The van der Waals surface area contributed by atoms with Gasteiger partial charge in [-0.2, -0.15) is 0 Å². The molecule has 0 spiro atoms. The number of ketones is 1. The van der Waals surface area contributed by atoms with Gasteiger partial charge in [-0.25, -0.2) is 4.39 Å². The van der Waals surface area contributed by atoms with Gasteiger partial charge in [0.25, 0.3) is 0 Å². The largest absolute Gasteiger partial charge is 0.299 e. The SMILES string of the molecule is Cc1ccc(CCC(=O)Cc2ccc(F)cc2Cl)cc1. The summed E-state index contributed by atoms with van der Waals surface area (Å²) in [5, 5.41) is 0.314. The summed E-state index contributed by atoms with van der Waals surface area (Å²) in [5.41, 5.74) is 3.04. The fourth-order valence-electron chi connectivity index (χ4n) is 2.00. The first-order valence-corrected chi connectivity index (χ1v) is 6.93. The summed E-state index contributed by atoms with van der Waals surface area (Å²) >= 11 is 5.92. The molecule has 104 valence electrons. The summed E-state index contributed by atoms with van der Waals surface area (Å²) in [6.07, 6.45) is 1.44. The van der Waals surface area contributed by atoms with Gasteiger partial charge in [0.15, 0.2) is 0 Å². The maximum absolute atomic E-state index is 12.9. The minimum absolute atomic E-state index is 0.110. The molecule has 20 heavy (non-hydrogen) atoms. The maximum atomic E-state index is 12.9. The molecular weight excluding hydrogens is 275 g/mol. The molecule has 0 saturated heterocycles. The molecule has 2 rings (SSSR count). The fraction of sp³-hybridized carbons (Fsp3) is 0.235. The molecular formula is C17H16ClFO. The maximum Gasteiger partial charge on any atom is 0.137 e. The van der Waals surface area contributed by atoms with Crippen LogP contribution in [0.4, 0.5) is 4.39 Å². The summed E-state index contributed by atoms with van der Waals surface area (Å²) in [6.45, 7) is 2.03. The molecule has 0 bridgehead atoms. The van der Waals surface area contributed by atoms with Gasteiger partial charge in [0.1, 0.15) is 11.6 Å². The molecule has 2 aromatic rings. The zero-order chi connectivity index (χ0) is 14.5. The quantitative estimate of drug-likeness (QED) is 0.790. The second-order valence-corrected chi connectivity index (χ2v) is 5.34. The van der Waals surface area contributed by atoms with Crippen molar-refractivity contribution in [3.05, 3.63) is 70.0 Å². The summed E-state index contributed by atoms with van der Waals surface area (Å²) in [7, 11) is 0. The Bertz CT molecular complexity index is 605. The van der Waals surface area contributed by atoms with Crippen LogP contribution in [-0.2, 0) is 17.6 Å². The van der Waals surface area contributed by atoms with E-state index in [1.807, 2.05) is 31.2 Å². The third-order valence-electron chi connectivity index (χ3n) is 3.22. The van der Waals surface area contributed by atoms with Crippen LogP contribution < -0.4 is 0 Å². The molecule has 0 radical (unpaired) electrons. The average molecular weight is 291 g/mol. The summed E-state index contributed by atoms with van der Waals surface area (Å²) in [5.74, 6) is -0.273. The van der Waals surface area contributed by atoms with E-state index in [2.05, 4.69) is 0 Å². The first-order chi connectivity index (χ1) is 9.54. The number of halogens is 2. The highest BCUT2D eigenvalue weighted by molar-refractivity contribution is 6.31. The molecule has 0 aliphatic carbocycles. The smallest absolute Gasteiger partial charge is 0.137 e. The number of rotatable bonds is 5. The zero-order valence-corrected chi connectivity index (χ0v) is 12.1. The van der Waals surface area contributed by atoms with E-state index in [0.29, 0.717) is 17.0 Å². The molecule has 0 saturated carbocycles. The van der Waals surface area contributed by atoms with Gasteiger partial charge < -0.3 is 0 Å². The number of hydrogen-bond donors (Lipinski definition) is 0. The van der Waals surface area contributed by atoms with Crippen molar-refractivity contribution in [2.45, 2.75) is 26.2 Å². The summed E-state index contributed by atoms with van der Waals surface area (Å²) in [4.78, 5) is 11.9. The van der Waals surface area contributed by atoms with Crippen molar-refractivity contribution >= 4 is 17.4 Å². The van der Waals surface area contributed by atoms with Crippen molar-refractivity contribution in [1.29, 1.82) is 0 Å². The average Bonchev–Trinajstić information content (AvgIpc) is 2.41. The first-order valence-electron chi connectivity index (χ1n) is 6.56. The normalized spacial score (nSPS) is 10.6. The minimum atomic E-state index is -0.383. The van der Waals surface area contributed by atoms with Crippen LogP contribution in [0.5, 0.6) is 0 Å². The van der Waals surface area contributed by atoms with Gasteiger partial charge in [0.2, 0.25) is 0 Å². The molecule has 2 aromatic carbocycles. The number of hydrogen-bond acceptors (Lipinski definition) is 1. The molecule has 1 nitrogen and oxygen atoms in total. The fourth-order valence-corrected chi connectivity index (χ4v) is 2.24. The molecule has 0 fully saturated rings. The Labute approximate surface area is 123 Å². The molecule has 0 aliphatic rings. The second kappa shape index (κ2) is 6.67. The monoisotopic (exact) mass is 290 g/mol. The van der Waals surface area contributed by atoms with Crippen LogP contribution in [-0.4, -0.2) is 5.78 Å². The van der Waals surface area contributed by atoms with Crippen molar-refractivity contribution in [1.82, 2.24) is 0 Å². The van der Waals surface area contributed by atoms with Crippen molar-refractivity contribution < 1.29 is 9.18 Å². The highest BCUT2D eigenvalue weighted by atomic mass is 35.5. The van der Waals surface area contributed by atoms with Gasteiger partial charge in [-0.05, 0) is 36.6 Å². The Kier molecular flexibility index (Phi) is 4.91. The highest BCUT2D eigenvalue weighted by Crippen LogP contribution is 2.18. The Morgan fingerprint density at radius 2 is 1.85 bits per heavy atom. The molecule has 3 heteroatoms. The number of aryl methyl sites for hydroxylation is 2. The van der Waals surface area contributed by atoms with Gasteiger partial charge in [0.05, 0.1) is 0 Å². The molecule has 0 aliphatic heterocycles. The first kappa shape index (κ1) is 14.7. The summed E-state index contributed by atoms with van der Waals surface area (Å²) < 4.78 is 12.9. The van der Waals surface area contributed by atoms with Crippen molar-refractivity contribution in [3.8, 4) is 0 Å². The zero-order valence-electron chi connectivity index (χ0n) is 11.3. The van der Waals surface area contributed by atoms with E-state index >= 15 is 0 Å². The van der Waals surface area contributed by atoms with Crippen molar-refractivity contribution in [2.75, 3.05) is 0 Å². The van der Waals surface area contributed by atoms with Gasteiger partial charge in [-0.15, -0.1) is 0 Å². The topological polar surface area (TPSA) is 17.1 Å². The number of benzene rings is 2. The van der Waals surface area contributed by atoms with Gasteiger partial charge >= 0.3 is 0 Å². The van der Waals surface area contributed by atoms with E-state index in [9.17, 15) is 9.18 Å². The van der Waals surface area contributed by atoms with Crippen LogP contribution in [0.2, 0.25) is 5.02 Å². The van der Waals surface area contributed by atoms with Crippen LogP contribution in [0, 0.1) is 12.7 Å². The lowest BCUT2D eigenvalue weighted by molar-refractivity contribution is -0.118. The van der Waals surface area contributed by atoms with Crippen LogP contribution in [0.1, 0.15) is 23.1 Å². The van der Waals surface area contributed by atoms with E-state index in [1.165, 1.54) is 17.7 Å². The molecule has 0 atom stereocenters. The van der Waals surface area contributed by atoms with Crippen LogP contribution in [0.25, 0.3) is 0 Å². The Balaban J connectivity index is 1.90. The summed E-state index contributed by atoms with van der Waals surface area (Å²) in [6, 6.07) is 12.3. The van der Waals surface area contributed by atoms with E-state index < -0.39 is 0 Å². The van der Waals surface area contributed by atoms with Crippen LogP contribution in [0.3, 0.4) is 0 Å². The van der Waals surface area contributed by atoms with E-state index in [4.69, 9.17) is 11.6 Å². The predicted molar refractivity (Wildman–Crippen MR) is 79.6 cm³/mol. The Morgan fingerprint density at radius 1 is 1.15 bits per heavy atom. The standard InChI is InChI=1S/C17H16ClFO/c1-12-2-4-13(5-3-12)6-9-16(20)10-14-7-8-15(19)11-17(14)18/h2-5,7-8,11H,6,9-10H2,1H3. The molecule has 0 amide bonds. The number of carbonyl (C=O) groups is 1. The third-order valence-corrected chi connectivity index (χ3v) is 3.57. The van der Waals surface area contributed by atoms with E-state index in [0.717, 1.165) is 12.0 Å². The second-order valence-electron chi connectivity index (χ2n) is 4.94.